The minimum absolute atomic E-state index is 0.288. The van der Waals surface area contributed by atoms with Gasteiger partial charge in [0, 0.05) is 5.69 Å². The third kappa shape index (κ3) is 7.23. The molecule has 30 heavy (non-hydrogen) atoms. The number of anilines is 2. The van der Waals surface area contributed by atoms with Crippen LogP contribution in [0.25, 0.3) is 0 Å². The van der Waals surface area contributed by atoms with Gasteiger partial charge in [-0.1, -0.05) is 29.8 Å². The Kier molecular flexibility index (Phi) is 8.57. The largest absolute Gasteiger partial charge is 0.340 e. The number of carbonyl (C=O) groups is 2. The molecule has 162 valence electrons. The zero-order valence-corrected chi connectivity index (χ0v) is 19.2. The summed E-state index contributed by atoms with van der Waals surface area (Å²) < 4.78 is 25.5. The topological polar surface area (TPSA) is 104 Å². The van der Waals surface area contributed by atoms with Gasteiger partial charge in [0.15, 0.2) is 0 Å². The molecule has 0 saturated carbocycles. The zero-order valence-electron chi connectivity index (χ0n) is 16.9. The van der Waals surface area contributed by atoms with E-state index < -0.39 is 27.9 Å². The summed E-state index contributed by atoms with van der Waals surface area (Å²) in [5, 5.41) is 5.78. The molecule has 0 aliphatic rings. The Morgan fingerprint density at radius 2 is 1.87 bits per heavy atom. The minimum Gasteiger partial charge on any atom is -0.340 e. The standard InChI is InChI=1S/C20H24ClN3O4S2/c1-13-8-9-14(12-18(13)24-30(3,27)28)22-20(26)17(10-11-29-2)23-19(25)15-6-4-5-7-16(15)21/h4-9,12,17,24H,10-11H2,1-3H3,(H,22,26)(H,23,25). The maximum Gasteiger partial charge on any atom is 0.253 e. The van der Waals surface area contributed by atoms with E-state index in [0.29, 0.717) is 34.1 Å². The molecule has 7 nitrogen and oxygen atoms in total. The molecule has 0 aliphatic heterocycles. The van der Waals surface area contributed by atoms with Crippen LogP contribution in [0.5, 0.6) is 0 Å². The zero-order chi connectivity index (χ0) is 22.3. The second kappa shape index (κ2) is 10.7. The van der Waals surface area contributed by atoms with Crippen molar-refractivity contribution in [3.8, 4) is 0 Å². The maximum absolute atomic E-state index is 12.8. The summed E-state index contributed by atoms with van der Waals surface area (Å²) in [5.74, 6) is -0.181. The van der Waals surface area contributed by atoms with Crippen molar-refractivity contribution in [2.45, 2.75) is 19.4 Å². The van der Waals surface area contributed by atoms with Crippen molar-refractivity contribution in [1.82, 2.24) is 5.32 Å². The molecule has 0 aromatic heterocycles. The van der Waals surface area contributed by atoms with Crippen LogP contribution in [-0.2, 0) is 14.8 Å². The number of rotatable bonds is 9. The van der Waals surface area contributed by atoms with E-state index in [-0.39, 0.29) is 5.56 Å². The van der Waals surface area contributed by atoms with E-state index in [1.807, 2.05) is 6.26 Å². The molecular formula is C20H24ClN3O4S2. The molecule has 0 radical (unpaired) electrons. The Hall–Kier alpha value is -2.23. The molecule has 1 atom stereocenters. The maximum atomic E-state index is 12.8. The summed E-state index contributed by atoms with van der Waals surface area (Å²) in [6, 6.07) is 10.7. The lowest BCUT2D eigenvalue weighted by molar-refractivity contribution is -0.118. The molecule has 0 fully saturated rings. The first kappa shape index (κ1) is 24.0. The monoisotopic (exact) mass is 469 g/mol. The fourth-order valence-corrected chi connectivity index (χ4v) is 3.94. The Morgan fingerprint density at radius 3 is 2.50 bits per heavy atom. The van der Waals surface area contributed by atoms with Crippen molar-refractivity contribution in [2.24, 2.45) is 0 Å². The number of aryl methyl sites for hydroxylation is 1. The average Bonchev–Trinajstić information content (AvgIpc) is 2.66. The van der Waals surface area contributed by atoms with Gasteiger partial charge in [0.2, 0.25) is 15.9 Å². The summed E-state index contributed by atoms with van der Waals surface area (Å²) in [4.78, 5) is 25.4. The molecule has 2 amide bonds. The van der Waals surface area contributed by atoms with Gasteiger partial charge in [-0.15, -0.1) is 0 Å². The summed E-state index contributed by atoms with van der Waals surface area (Å²) in [5.41, 5.74) is 1.79. The van der Waals surface area contributed by atoms with E-state index in [1.54, 1.807) is 55.1 Å². The number of hydrogen-bond donors (Lipinski definition) is 3. The summed E-state index contributed by atoms with van der Waals surface area (Å²) >= 11 is 7.64. The Labute approximate surface area is 186 Å². The Morgan fingerprint density at radius 1 is 1.17 bits per heavy atom. The average molecular weight is 470 g/mol. The number of nitrogens with one attached hydrogen (secondary N) is 3. The lowest BCUT2D eigenvalue weighted by Crippen LogP contribution is -2.44. The number of thioether (sulfide) groups is 1. The van der Waals surface area contributed by atoms with Crippen LogP contribution < -0.4 is 15.4 Å². The van der Waals surface area contributed by atoms with Crippen molar-refractivity contribution < 1.29 is 18.0 Å². The summed E-state index contributed by atoms with van der Waals surface area (Å²) in [6.45, 7) is 1.75. The van der Waals surface area contributed by atoms with Crippen molar-refractivity contribution >= 4 is 56.6 Å². The number of amides is 2. The summed E-state index contributed by atoms with van der Waals surface area (Å²) in [7, 11) is -3.46. The molecule has 0 saturated heterocycles. The van der Waals surface area contributed by atoms with Crippen LogP contribution in [0.1, 0.15) is 22.3 Å². The molecular weight excluding hydrogens is 446 g/mol. The second-order valence-electron chi connectivity index (χ2n) is 6.68. The van der Waals surface area contributed by atoms with Gasteiger partial charge in [-0.2, -0.15) is 11.8 Å². The van der Waals surface area contributed by atoms with E-state index in [1.165, 1.54) is 6.07 Å². The van der Waals surface area contributed by atoms with Crippen LogP contribution >= 0.6 is 23.4 Å². The molecule has 1 unspecified atom stereocenters. The van der Waals surface area contributed by atoms with Gasteiger partial charge in [0.05, 0.1) is 22.5 Å². The number of halogens is 1. The number of carbonyl (C=O) groups excluding carboxylic acids is 2. The Bertz CT molecular complexity index is 1030. The highest BCUT2D eigenvalue weighted by Crippen LogP contribution is 2.22. The minimum atomic E-state index is -3.46. The molecule has 10 heteroatoms. The third-order valence-corrected chi connectivity index (χ3v) is 5.72. The third-order valence-electron chi connectivity index (χ3n) is 4.15. The van der Waals surface area contributed by atoms with Gasteiger partial charge in [-0.05, 0) is 55.2 Å². The molecule has 0 heterocycles. The highest BCUT2D eigenvalue weighted by Gasteiger charge is 2.22. The van der Waals surface area contributed by atoms with Gasteiger partial charge in [-0.3, -0.25) is 14.3 Å². The van der Waals surface area contributed by atoms with Crippen LogP contribution in [0, 0.1) is 6.92 Å². The molecule has 0 spiro atoms. The van der Waals surface area contributed by atoms with E-state index in [0.717, 1.165) is 6.26 Å². The first-order chi connectivity index (χ1) is 14.1. The lowest BCUT2D eigenvalue weighted by atomic mass is 10.1. The highest BCUT2D eigenvalue weighted by atomic mass is 35.5. The van der Waals surface area contributed by atoms with Gasteiger partial charge >= 0.3 is 0 Å². The van der Waals surface area contributed by atoms with Gasteiger partial charge in [0.25, 0.3) is 5.91 Å². The molecule has 3 N–H and O–H groups in total. The van der Waals surface area contributed by atoms with Crippen molar-refractivity contribution in [2.75, 3.05) is 28.3 Å². The van der Waals surface area contributed by atoms with Crippen molar-refractivity contribution in [1.29, 1.82) is 0 Å². The van der Waals surface area contributed by atoms with Gasteiger partial charge in [-0.25, -0.2) is 8.42 Å². The normalized spacial score (nSPS) is 12.1. The second-order valence-corrected chi connectivity index (χ2v) is 9.82. The number of hydrogen-bond acceptors (Lipinski definition) is 5. The molecule has 2 aromatic carbocycles. The van der Waals surface area contributed by atoms with E-state index in [2.05, 4.69) is 15.4 Å². The highest BCUT2D eigenvalue weighted by molar-refractivity contribution is 7.98. The first-order valence-electron chi connectivity index (χ1n) is 9.04. The quantitative estimate of drug-likeness (QED) is 0.521. The van der Waals surface area contributed by atoms with E-state index in [9.17, 15) is 18.0 Å². The lowest BCUT2D eigenvalue weighted by Gasteiger charge is -2.19. The van der Waals surface area contributed by atoms with E-state index >= 15 is 0 Å². The summed E-state index contributed by atoms with van der Waals surface area (Å²) in [6.07, 6.45) is 3.39. The van der Waals surface area contributed by atoms with Gasteiger partial charge < -0.3 is 10.6 Å². The van der Waals surface area contributed by atoms with Crippen LogP contribution in [-0.4, -0.2) is 44.5 Å². The Balaban J connectivity index is 2.18. The SMILES string of the molecule is CSCCC(NC(=O)c1ccccc1Cl)C(=O)Nc1ccc(C)c(NS(C)(=O)=O)c1. The molecule has 2 aromatic rings. The van der Waals surface area contributed by atoms with Crippen LogP contribution in [0.2, 0.25) is 5.02 Å². The fourth-order valence-electron chi connectivity index (χ4n) is 2.62. The number of sulfonamides is 1. The molecule has 0 aliphatic carbocycles. The molecule has 0 bridgehead atoms. The van der Waals surface area contributed by atoms with Crippen molar-refractivity contribution in [3.63, 3.8) is 0 Å². The van der Waals surface area contributed by atoms with Crippen LogP contribution in [0.3, 0.4) is 0 Å². The van der Waals surface area contributed by atoms with Gasteiger partial charge in [0.1, 0.15) is 6.04 Å². The van der Waals surface area contributed by atoms with Crippen LogP contribution in [0.4, 0.5) is 11.4 Å². The number of benzene rings is 2. The van der Waals surface area contributed by atoms with Crippen molar-refractivity contribution in [3.05, 3.63) is 58.6 Å². The smallest absolute Gasteiger partial charge is 0.253 e. The predicted molar refractivity (Wildman–Crippen MR) is 124 cm³/mol. The fraction of sp³-hybridized carbons (Fsp3) is 0.300. The van der Waals surface area contributed by atoms with Crippen LogP contribution in [0.15, 0.2) is 42.5 Å². The van der Waals surface area contributed by atoms with E-state index in [4.69, 9.17) is 11.6 Å². The molecule has 2 rings (SSSR count). The predicted octanol–water partition coefficient (Wildman–Crippen LogP) is 3.51. The first-order valence-corrected chi connectivity index (χ1v) is 12.7.